The molecule has 0 spiro atoms. The Hall–Kier alpha value is -2.40. The van der Waals surface area contributed by atoms with E-state index in [-0.39, 0.29) is 11.7 Å². The summed E-state index contributed by atoms with van der Waals surface area (Å²) in [4.78, 5) is 16.3. The van der Waals surface area contributed by atoms with Crippen LogP contribution in [0.1, 0.15) is 20.3 Å². The first-order valence-electron chi connectivity index (χ1n) is 7.52. The van der Waals surface area contributed by atoms with Crippen molar-refractivity contribution < 1.29 is 9.90 Å². The Balaban J connectivity index is 1.85. The predicted octanol–water partition coefficient (Wildman–Crippen LogP) is 4.65. The largest absolute Gasteiger partial charge is 0.507 e. The van der Waals surface area contributed by atoms with E-state index in [1.54, 1.807) is 18.2 Å². The smallest absolute Gasteiger partial charge is 0.224 e. The highest BCUT2D eigenvalue weighted by molar-refractivity contribution is 7.21. The molecule has 0 saturated carbocycles. The fraction of sp³-hybridized carbons (Fsp3) is 0.222. The lowest BCUT2D eigenvalue weighted by molar-refractivity contribution is -0.116. The van der Waals surface area contributed by atoms with Gasteiger partial charge >= 0.3 is 0 Å². The number of hydrogen-bond donors (Lipinski definition) is 2. The lowest BCUT2D eigenvalue weighted by Crippen LogP contribution is -2.13. The van der Waals surface area contributed by atoms with Gasteiger partial charge in [0.1, 0.15) is 10.8 Å². The maximum atomic E-state index is 11.8. The molecule has 4 nitrogen and oxygen atoms in total. The molecule has 3 aromatic rings. The van der Waals surface area contributed by atoms with Crippen molar-refractivity contribution in [3.63, 3.8) is 0 Å². The highest BCUT2D eigenvalue weighted by Gasteiger charge is 2.12. The summed E-state index contributed by atoms with van der Waals surface area (Å²) in [5.74, 6) is 0.365. The number of hydrogen-bond acceptors (Lipinski definition) is 4. The number of nitrogens with one attached hydrogen (secondary N) is 1. The number of amides is 1. The van der Waals surface area contributed by atoms with Gasteiger partial charge in [-0.3, -0.25) is 4.79 Å². The van der Waals surface area contributed by atoms with Crippen molar-refractivity contribution in [2.75, 3.05) is 5.32 Å². The van der Waals surface area contributed by atoms with Crippen LogP contribution in [-0.4, -0.2) is 16.0 Å². The molecule has 0 atom stereocenters. The van der Waals surface area contributed by atoms with E-state index in [2.05, 4.69) is 10.3 Å². The first-order valence-corrected chi connectivity index (χ1v) is 8.33. The number of carbonyl (C=O) groups is 1. The molecule has 2 N–H and O–H groups in total. The van der Waals surface area contributed by atoms with E-state index in [9.17, 15) is 9.90 Å². The van der Waals surface area contributed by atoms with Gasteiger partial charge in [-0.2, -0.15) is 0 Å². The van der Waals surface area contributed by atoms with E-state index < -0.39 is 0 Å². The Morgan fingerprint density at radius 1 is 1.26 bits per heavy atom. The van der Waals surface area contributed by atoms with E-state index in [0.717, 1.165) is 15.2 Å². The Kier molecular flexibility index (Phi) is 4.30. The third-order valence-corrected chi connectivity index (χ3v) is 4.47. The molecule has 0 aliphatic heterocycles. The Morgan fingerprint density at radius 3 is 2.74 bits per heavy atom. The lowest BCUT2D eigenvalue weighted by Gasteiger charge is -2.09. The topological polar surface area (TPSA) is 62.2 Å². The fourth-order valence-electron chi connectivity index (χ4n) is 2.36. The van der Waals surface area contributed by atoms with Crippen LogP contribution in [-0.2, 0) is 4.79 Å². The van der Waals surface area contributed by atoms with Crippen molar-refractivity contribution in [3.8, 4) is 16.3 Å². The molecule has 0 radical (unpaired) electrons. The molecule has 1 amide bonds. The Morgan fingerprint density at radius 2 is 2.04 bits per heavy atom. The van der Waals surface area contributed by atoms with Crippen LogP contribution in [0, 0.1) is 5.92 Å². The summed E-state index contributed by atoms with van der Waals surface area (Å²) < 4.78 is 1.08. The number of aromatic hydroxyl groups is 1. The Bertz CT molecular complexity index is 822. The van der Waals surface area contributed by atoms with Gasteiger partial charge in [0.2, 0.25) is 5.91 Å². The van der Waals surface area contributed by atoms with Crippen molar-refractivity contribution in [2.45, 2.75) is 20.3 Å². The van der Waals surface area contributed by atoms with Crippen LogP contribution in [0.25, 0.3) is 20.8 Å². The molecule has 23 heavy (non-hydrogen) atoms. The van der Waals surface area contributed by atoms with Gasteiger partial charge in [-0.1, -0.05) is 26.0 Å². The number of benzene rings is 2. The van der Waals surface area contributed by atoms with Crippen LogP contribution in [0.4, 0.5) is 5.69 Å². The van der Waals surface area contributed by atoms with Gasteiger partial charge in [0.25, 0.3) is 0 Å². The first kappa shape index (κ1) is 15.5. The van der Waals surface area contributed by atoms with E-state index in [0.29, 0.717) is 23.6 Å². The minimum absolute atomic E-state index is 0.0489. The second kappa shape index (κ2) is 6.38. The molecule has 3 rings (SSSR count). The van der Waals surface area contributed by atoms with Crippen LogP contribution >= 0.6 is 11.3 Å². The molecule has 0 unspecified atom stereocenters. The van der Waals surface area contributed by atoms with Gasteiger partial charge in [-0.25, -0.2) is 4.98 Å². The van der Waals surface area contributed by atoms with Crippen LogP contribution in [0.15, 0.2) is 42.5 Å². The molecule has 0 bridgehead atoms. The molecule has 0 aliphatic rings. The lowest BCUT2D eigenvalue weighted by atomic mass is 10.1. The predicted molar refractivity (Wildman–Crippen MR) is 94.8 cm³/mol. The number of carbonyl (C=O) groups excluding carboxylic acids is 1. The number of phenols is 1. The van der Waals surface area contributed by atoms with Crippen LogP contribution < -0.4 is 5.32 Å². The molecule has 5 heteroatoms. The molecule has 0 saturated heterocycles. The normalized spacial score (nSPS) is 11.1. The zero-order chi connectivity index (χ0) is 16.4. The summed E-state index contributed by atoms with van der Waals surface area (Å²) >= 11 is 1.53. The highest BCUT2D eigenvalue weighted by atomic mass is 32.1. The van der Waals surface area contributed by atoms with E-state index in [1.807, 2.05) is 38.1 Å². The van der Waals surface area contributed by atoms with Gasteiger partial charge in [-0.15, -0.1) is 11.3 Å². The van der Waals surface area contributed by atoms with Crippen molar-refractivity contribution in [1.29, 1.82) is 0 Å². The standard InChI is InChI=1S/C18H18N2O2S/c1-11(2)9-17(22)19-12-7-8-13(15(21)10-12)18-20-14-5-3-4-6-16(14)23-18/h3-8,10-11,21H,9H2,1-2H3,(H,19,22). The zero-order valence-electron chi connectivity index (χ0n) is 13.0. The summed E-state index contributed by atoms with van der Waals surface area (Å²) in [7, 11) is 0. The molecule has 1 aromatic heterocycles. The molecular weight excluding hydrogens is 308 g/mol. The maximum absolute atomic E-state index is 11.8. The second-order valence-electron chi connectivity index (χ2n) is 5.86. The molecular formula is C18H18N2O2S. The Labute approximate surface area is 138 Å². The van der Waals surface area contributed by atoms with Gasteiger partial charge in [0.05, 0.1) is 15.8 Å². The van der Waals surface area contributed by atoms with E-state index >= 15 is 0 Å². The van der Waals surface area contributed by atoms with Crippen molar-refractivity contribution in [2.24, 2.45) is 5.92 Å². The SMILES string of the molecule is CC(C)CC(=O)Nc1ccc(-c2nc3ccccc3s2)c(O)c1. The number of thiazole rings is 1. The number of aromatic nitrogens is 1. The summed E-state index contributed by atoms with van der Waals surface area (Å²) in [6.45, 7) is 3.99. The van der Waals surface area contributed by atoms with Gasteiger partial charge in [-0.05, 0) is 30.2 Å². The van der Waals surface area contributed by atoms with Crippen molar-refractivity contribution in [3.05, 3.63) is 42.5 Å². The molecule has 2 aromatic carbocycles. The number of para-hydroxylation sites is 1. The van der Waals surface area contributed by atoms with Gasteiger partial charge in [0, 0.05) is 18.2 Å². The minimum atomic E-state index is -0.0489. The number of anilines is 1. The second-order valence-corrected chi connectivity index (χ2v) is 6.90. The molecule has 1 heterocycles. The number of fused-ring (bicyclic) bond motifs is 1. The number of nitrogens with zero attached hydrogens (tertiary/aromatic N) is 1. The number of rotatable bonds is 4. The third-order valence-electron chi connectivity index (χ3n) is 3.40. The first-order chi connectivity index (χ1) is 11.0. The van der Waals surface area contributed by atoms with Crippen molar-refractivity contribution >= 4 is 33.1 Å². The van der Waals surface area contributed by atoms with Gasteiger partial charge < -0.3 is 10.4 Å². The zero-order valence-corrected chi connectivity index (χ0v) is 13.9. The summed E-state index contributed by atoms with van der Waals surface area (Å²) in [6.07, 6.45) is 0.459. The summed E-state index contributed by atoms with van der Waals surface area (Å²) in [5.41, 5.74) is 2.19. The highest BCUT2D eigenvalue weighted by Crippen LogP contribution is 2.36. The maximum Gasteiger partial charge on any atom is 0.224 e. The van der Waals surface area contributed by atoms with E-state index in [4.69, 9.17) is 0 Å². The minimum Gasteiger partial charge on any atom is -0.507 e. The average Bonchev–Trinajstić information content (AvgIpc) is 2.89. The van der Waals surface area contributed by atoms with Crippen LogP contribution in [0.2, 0.25) is 0 Å². The van der Waals surface area contributed by atoms with Crippen LogP contribution in [0.3, 0.4) is 0 Å². The van der Waals surface area contributed by atoms with Crippen molar-refractivity contribution in [1.82, 2.24) is 4.98 Å². The van der Waals surface area contributed by atoms with Gasteiger partial charge in [0.15, 0.2) is 0 Å². The quantitative estimate of drug-likeness (QED) is 0.733. The van der Waals surface area contributed by atoms with Crippen LogP contribution in [0.5, 0.6) is 5.75 Å². The molecule has 0 fully saturated rings. The summed E-state index contributed by atoms with van der Waals surface area (Å²) in [5, 5.41) is 13.9. The summed E-state index contributed by atoms with van der Waals surface area (Å²) in [6, 6.07) is 13.0. The number of phenolic OH excluding ortho intramolecular Hbond substituents is 1. The molecule has 118 valence electrons. The van der Waals surface area contributed by atoms with E-state index in [1.165, 1.54) is 11.3 Å². The third kappa shape index (κ3) is 3.51. The molecule has 0 aliphatic carbocycles. The average molecular weight is 326 g/mol. The monoisotopic (exact) mass is 326 g/mol. The fourth-order valence-corrected chi connectivity index (χ4v) is 3.36.